The molecule has 2 N–H and O–H groups in total. The van der Waals surface area contributed by atoms with E-state index in [9.17, 15) is 9.59 Å². The molecule has 50 valence electrons. The zero-order valence-electron chi connectivity index (χ0n) is 4.21. The van der Waals surface area contributed by atoms with Gasteiger partial charge in [0.25, 0.3) is 5.91 Å². The van der Waals surface area contributed by atoms with E-state index in [2.05, 4.69) is 30.6 Å². The van der Waals surface area contributed by atoms with Gasteiger partial charge >= 0.3 is 6.03 Å². The average Bonchev–Trinajstić information content (AvgIpc) is 1.79. The zero-order valence-corrected chi connectivity index (χ0v) is 6.00. The minimum atomic E-state index is -1.34. The molecule has 1 saturated heterocycles. The molecule has 0 atom stereocenters. The Morgan fingerprint density at radius 1 is 1.33 bits per heavy atom. The fraction of sp³-hybridized carbons (Fsp3) is 0.333. The Hall–Kier alpha value is -0.360. The molecule has 1 aliphatic heterocycles. The summed E-state index contributed by atoms with van der Waals surface area (Å²) >= 11 is 7.45. The molecule has 0 aromatic carbocycles. The van der Waals surface area contributed by atoms with E-state index in [-0.39, 0.29) is 0 Å². The van der Waals surface area contributed by atoms with Gasteiger partial charge in [-0.15, -0.1) is 25.3 Å². The van der Waals surface area contributed by atoms with Crippen LogP contribution < -0.4 is 10.6 Å². The normalized spacial score (nSPS) is 23.3. The van der Waals surface area contributed by atoms with E-state index in [0.29, 0.717) is 0 Å². The summed E-state index contributed by atoms with van der Waals surface area (Å²) in [6.07, 6.45) is 0. The Kier molecular flexibility index (Phi) is 1.36. The van der Waals surface area contributed by atoms with Crippen LogP contribution in [0, 0.1) is 0 Å². The van der Waals surface area contributed by atoms with Gasteiger partial charge in [-0.1, -0.05) is 0 Å². The lowest BCUT2D eigenvalue weighted by Crippen LogP contribution is -2.34. The van der Waals surface area contributed by atoms with Crippen LogP contribution >= 0.6 is 25.3 Å². The van der Waals surface area contributed by atoms with E-state index < -0.39 is 16.1 Å². The third-order valence-electron chi connectivity index (χ3n) is 0.832. The van der Waals surface area contributed by atoms with E-state index in [1.165, 1.54) is 0 Å². The first-order valence-corrected chi connectivity index (χ1v) is 3.00. The smallest absolute Gasteiger partial charge is 0.307 e. The predicted octanol–water partition coefficient (Wildman–Crippen LogP) is -0.661. The number of urea groups is 1. The van der Waals surface area contributed by atoms with Crippen molar-refractivity contribution in [3.63, 3.8) is 0 Å². The van der Waals surface area contributed by atoms with Gasteiger partial charge in [0.2, 0.25) is 4.20 Å². The van der Waals surface area contributed by atoms with Crippen molar-refractivity contribution in [2.45, 2.75) is 4.20 Å². The Bertz CT molecular complexity index is 179. The maximum Gasteiger partial charge on any atom is 0.323 e. The lowest BCUT2D eigenvalue weighted by Gasteiger charge is -2.08. The van der Waals surface area contributed by atoms with Crippen molar-refractivity contribution in [1.29, 1.82) is 0 Å². The minimum absolute atomic E-state index is 0.542. The molecule has 4 nitrogen and oxygen atoms in total. The second-order valence-electron chi connectivity index (χ2n) is 1.58. The summed E-state index contributed by atoms with van der Waals surface area (Å²) in [4.78, 5) is 20.9. The highest BCUT2D eigenvalue weighted by Crippen LogP contribution is 2.18. The summed E-state index contributed by atoms with van der Waals surface area (Å²) in [6, 6.07) is -0.565. The largest absolute Gasteiger partial charge is 0.323 e. The lowest BCUT2D eigenvalue weighted by molar-refractivity contribution is -0.119. The van der Waals surface area contributed by atoms with E-state index >= 15 is 0 Å². The highest BCUT2D eigenvalue weighted by atomic mass is 32.2. The Morgan fingerprint density at radius 2 is 1.89 bits per heavy atom. The van der Waals surface area contributed by atoms with Crippen LogP contribution in [0.25, 0.3) is 0 Å². The van der Waals surface area contributed by atoms with Crippen molar-refractivity contribution < 1.29 is 9.59 Å². The molecule has 3 amide bonds. The van der Waals surface area contributed by atoms with E-state index in [4.69, 9.17) is 0 Å². The third-order valence-corrected chi connectivity index (χ3v) is 1.46. The van der Waals surface area contributed by atoms with Gasteiger partial charge in [0.15, 0.2) is 0 Å². The molecule has 1 heterocycles. The number of carbonyl (C=O) groups is 2. The highest BCUT2D eigenvalue weighted by molar-refractivity contribution is 8.02. The van der Waals surface area contributed by atoms with E-state index in [0.717, 1.165) is 0 Å². The third kappa shape index (κ3) is 1.13. The van der Waals surface area contributed by atoms with E-state index in [1.54, 1.807) is 0 Å². The first-order valence-electron chi connectivity index (χ1n) is 2.11. The molecule has 0 bridgehead atoms. The summed E-state index contributed by atoms with van der Waals surface area (Å²) in [6.45, 7) is 0. The monoisotopic (exact) mass is 164 g/mol. The standard InChI is InChI=1S/C3H4N2O2S2/c6-1-3(8,9)5-2(7)4-1/h8-9H,(H2,4,5,6,7). The van der Waals surface area contributed by atoms with Crippen molar-refractivity contribution in [3.05, 3.63) is 0 Å². The first-order chi connectivity index (χ1) is 4.02. The van der Waals surface area contributed by atoms with Crippen molar-refractivity contribution in [2.75, 3.05) is 0 Å². The minimum Gasteiger partial charge on any atom is -0.307 e. The maximum atomic E-state index is 10.6. The number of hydrogen-bond acceptors (Lipinski definition) is 4. The SMILES string of the molecule is O=C1NC(=O)C(S)(S)N1. The lowest BCUT2D eigenvalue weighted by atomic mass is 10.6. The molecule has 0 radical (unpaired) electrons. The van der Waals surface area contributed by atoms with Crippen LogP contribution in [0.2, 0.25) is 0 Å². The molecule has 1 fully saturated rings. The maximum absolute atomic E-state index is 10.6. The number of carbonyl (C=O) groups excluding carboxylic acids is 2. The molecule has 0 spiro atoms. The van der Waals surface area contributed by atoms with Crippen molar-refractivity contribution in [1.82, 2.24) is 10.6 Å². The molecule has 0 aromatic heterocycles. The van der Waals surface area contributed by atoms with Gasteiger partial charge in [0, 0.05) is 0 Å². The summed E-state index contributed by atoms with van der Waals surface area (Å²) in [5, 5.41) is 4.14. The van der Waals surface area contributed by atoms with Gasteiger partial charge in [-0.2, -0.15) is 0 Å². The molecular weight excluding hydrogens is 160 g/mol. The summed E-state index contributed by atoms with van der Waals surface area (Å²) in [5.41, 5.74) is 0. The van der Waals surface area contributed by atoms with E-state index in [1.807, 2.05) is 5.32 Å². The van der Waals surface area contributed by atoms with Crippen molar-refractivity contribution >= 4 is 37.2 Å². The van der Waals surface area contributed by atoms with Crippen molar-refractivity contribution in [3.8, 4) is 0 Å². The van der Waals surface area contributed by atoms with Crippen LogP contribution in [-0.2, 0) is 4.79 Å². The van der Waals surface area contributed by atoms with Crippen LogP contribution in [0.1, 0.15) is 0 Å². The fourth-order valence-corrected chi connectivity index (χ4v) is 0.751. The van der Waals surface area contributed by atoms with Gasteiger partial charge in [0.05, 0.1) is 0 Å². The number of rotatable bonds is 0. The fourth-order valence-electron chi connectivity index (χ4n) is 0.437. The molecule has 1 aliphatic rings. The highest BCUT2D eigenvalue weighted by Gasteiger charge is 2.39. The predicted molar refractivity (Wildman–Crippen MR) is 37.4 cm³/mol. The molecule has 0 saturated carbocycles. The quantitative estimate of drug-likeness (QED) is 0.218. The second-order valence-corrected chi connectivity index (χ2v) is 3.27. The summed E-state index contributed by atoms with van der Waals surface area (Å²) in [5.74, 6) is -0.542. The molecule has 6 heteroatoms. The van der Waals surface area contributed by atoms with Crippen LogP contribution in [0.4, 0.5) is 4.79 Å². The Balaban J connectivity index is 2.81. The summed E-state index contributed by atoms with van der Waals surface area (Å²) in [7, 11) is 0. The van der Waals surface area contributed by atoms with Gasteiger partial charge in [-0.25, -0.2) is 4.79 Å². The topological polar surface area (TPSA) is 58.2 Å². The van der Waals surface area contributed by atoms with Crippen LogP contribution in [0.5, 0.6) is 0 Å². The molecule has 1 rings (SSSR count). The van der Waals surface area contributed by atoms with Crippen molar-refractivity contribution in [2.24, 2.45) is 0 Å². The van der Waals surface area contributed by atoms with Crippen LogP contribution in [-0.4, -0.2) is 16.1 Å². The number of amides is 3. The number of nitrogens with one attached hydrogen (secondary N) is 2. The van der Waals surface area contributed by atoms with Gasteiger partial charge in [-0.3, -0.25) is 10.1 Å². The molecule has 0 aliphatic carbocycles. The molecular formula is C3H4N2O2S2. The van der Waals surface area contributed by atoms with Gasteiger partial charge in [-0.05, 0) is 0 Å². The summed E-state index contributed by atoms with van der Waals surface area (Å²) < 4.78 is -1.34. The van der Waals surface area contributed by atoms with Gasteiger partial charge in [0.1, 0.15) is 0 Å². The zero-order chi connectivity index (χ0) is 7.07. The number of imide groups is 1. The number of hydrogen-bond donors (Lipinski definition) is 4. The Morgan fingerprint density at radius 3 is 2.00 bits per heavy atom. The molecule has 9 heavy (non-hydrogen) atoms. The van der Waals surface area contributed by atoms with Crippen LogP contribution in [0.3, 0.4) is 0 Å². The number of thiol groups is 2. The Labute approximate surface area is 62.2 Å². The van der Waals surface area contributed by atoms with Crippen LogP contribution in [0.15, 0.2) is 0 Å². The molecule has 0 aromatic rings. The second kappa shape index (κ2) is 1.81. The van der Waals surface area contributed by atoms with Gasteiger partial charge < -0.3 is 5.32 Å². The average molecular weight is 164 g/mol. The first kappa shape index (κ1) is 6.76. The molecule has 0 unspecified atom stereocenters.